The third kappa shape index (κ3) is 3.35. The van der Waals surface area contributed by atoms with E-state index in [0.717, 1.165) is 20.1 Å². The number of thiazole rings is 1. The van der Waals surface area contributed by atoms with Crippen LogP contribution in [0.5, 0.6) is 0 Å². The second-order valence-corrected chi connectivity index (χ2v) is 7.42. The van der Waals surface area contributed by atoms with Gasteiger partial charge in [0.15, 0.2) is 0 Å². The molecule has 0 aliphatic carbocycles. The first-order chi connectivity index (χ1) is 12.2. The predicted octanol–water partition coefficient (Wildman–Crippen LogP) is 3.33. The van der Waals surface area contributed by atoms with Crippen LogP contribution in [-0.2, 0) is 6.54 Å². The highest BCUT2D eigenvalue weighted by Gasteiger charge is 2.12. The average molecular weight is 367 g/mol. The third-order valence-corrected chi connectivity index (χ3v) is 5.64. The molecule has 0 atom stereocenters. The van der Waals surface area contributed by atoms with Gasteiger partial charge in [0.05, 0.1) is 32.2 Å². The first kappa shape index (κ1) is 15.7. The molecule has 0 aliphatic heterocycles. The van der Waals surface area contributed by atoms with Gasteiger partial charge in [0.2, 0.25) is 5.95 Å². The van der Waals surface area contributed by atoms with Crippen molar-refractivity contribution in [1.82, 2.24) is 20.3 Å². The van der Waals surface area contributed by atoms with Crippen molar-refractivity contribution >= 4 is 44.7 Å². The number of aromatic nitrogens is 3. The van der Waals surface area contributed by atoms with Crippen LogP contribution in [-0.4, -0.2) is 20.9 Å². The number of para-hydroxylation sites is 1. The van der Waals surface area contributed by atoms with E-state index in [4.69, 9.17) is 5.73 Å². The monoisotopic (exact) mass is 367 g/mol. The number of amides is 1. The molecule has 4 aromatic rings. The Kier molecular flexibility index (Phi) is 4.12. The van der Waals surface area contributed by atoms with E-state index >= 15 is 0 Å². The zero-order chi connectivity index (χ0) is 17.2. The number of carbonyl (C=O) groups is 1. The van der Waals surface area contributed by atoms with Crippen LogP contribution in [0.3, 0.4) is 0 Å². The third-order valence-electron chi connectivity index (χ3n) is 3.49. The summed E-state index contributed by atoms with van der Waals surface area (Å²) in [6.07, 6.45) is 1.60. The summed E-state index contributed by atoms with van der Waals surface area (Å²) < 4.78 is 1.12. The molecular weight excluding hydrogens is 354 g/mol. The van der Waals surface area contributed by atoms with Gasteiger partial charge in [0.1, 0.15) is 5.01 Å². The topological polar surface area (TPSA) is 93.8 Å². The Morgan fingerprint density at radius 2 is 1.96 bits per heavy atom. The fourth-order valence-corrected chi connectivity index (χ4v) is 4.15. The van der Waals surface area contributed by atoms with Crippen LogP contribution < -0.4 is 11.1 Å². The number of nitrogens with one attached hydrogen (secondary N) is 1. The van der Waals surface area contributed by atoms with E-state index in [2.05, 4.69) is 20.3 Å². The lowest BCUT2D eigenvalue weighted by molar-refractivity contribution is 0.0955. The number of thiophene rings is 1. The number of nitrogens with two attached hydrogens (primary N) is 1. The number of hydrogen-bond donors (Lipinski definition) is 2. The lowest BCUT2D eigenvalue weighted by atomic mass is 10.3. The molecule has 0 saturated heterocycles. The van der Waals surface area contributed by atoms with Gasteiger partial charge in [-0.15, -0.1) is 22.7 Å². The Balaban J connectivity index is 1.46. The van der Waals surface area contributed by atoms with Crippen LogP contribution in [0.4, 0.5) is 5.95 Å². The predicted molar refractivity (Wildman–Crippen MR) is 101 cm³/mol. The lowest BCUT2D eigenvalue weighted by Gasteiger charge is -2.00. The van der Waals surface area contributed by atoms with E-state index in [0.29, 0.717) is 17.1 Å². The Bertz CT molecular complexity index is 1020. The number of anilines is 1. The lowest BCUT2D eigenvalue weighted by Crippen LogP contribution is -2.21. The first-order valence-electron chi connectivity index (χ1n) is 7.50. The molecule has 3 N–H and O–H groups in total. The number of fused-ring (bicyclic) bond motifs is 1. The highest BCUT2D eigenvalue weighted by atomic mass is 32.1. The number of benzene rings is 1. The molecule has 6 nitrogen and oxygen atoms in total. The van der Waals surface area contributed by atoms with Crippen LogP contribution in [0, 0.1) is 0 Å². The number of hydrogen-bond acceptors (Lipinski definition) is 7. The molecule has 0 aliphatic rings. The molecule has 3 aromatic heterocycles. The van der Waals surface area contributed by atoms with Gasteiger partial charge in [-0.2, -0.15) is 0 Å². The summed E-state index contributed by atoms with van der Waals surface area (Å²) in [5.41, 5.74) is 7.27. The molecule has 0 radical (unpaired) electrons. The van der Waals surface area contributed by atoms with Crippen molar-refractivity contribution in [3.8, 4) is 10.6 Å². The van der Waals surface area contributed by atoms with Gasteiger partial charge in [0.25, 0.3) is 5.91 Å². The minimum absolute atomic E-state index is 0.127. The van der Waals surface area contributed by atoms with E-state index in [1.807, 2.05) is 30.3 Å². The summed E-state index contributed by atoms with van der Waals surface area (Å²) >= 11 is 2.95. The van der Waals surface area contributed by atoms with Crippen LogP contribution >= 0.6 is 22.7 Å². The van der Waals surface area contributed by atoms with Crippen molar-refractivity contribution in [1.29, 1.82) is 0 Å². The Hall–Kier alpha value is -2.84. The van der Waals surface area contributed by atoms with Crippen molar-refractivity contribution in [3.63, 3.8) is 0 Å². The van der Waals surface area contributed by atoms with E-state index < -0.39 is 0 Å². The van der Waals surface area contributed by atoms with Crippen LogP contribution in [0.15, 0.2) is 48.7 Å². The van der Waals surface area contributed by atoms with E-state index in [-0.39, 0.29) is 11.9 Å². The van der Waals surface area contributed by atoms with Gasteiger partial charge in [-0.05, 0) is 30.3 Å². The maximum absolute atomic E-state index is 12.4. The fraction of sp³-hybridized carbons (Fsp3) is 0.0588. The van der Waals surface area contributed by atoms with Crippen LogP contribution in [0.1, 0.15) is 14.7 Å². The Morgan fingerprint density at radius 1 is 1.08 bits per heavy atom. The molecule has 1 aromatic carbocycles. The highest BCUT2D eigenvalue weighted by Crippen LogP contribution is 2.27. The zero-order valence-corrected chi connectivity index (χ0v) is 14.6. The van der Waals surface area contributed by atoms with Gasteiger partial charge >= 0.3 is 0 Å². The standard InChI is InChI=1S/C17H13N5OS2/c18-17-19-8-7-11(22-17)13-5-6-14(24-13)16(23)20-9-15-21-10-3-1-2-4-12(10)25-15/h1-8H,9H2,(H,20,23)(H2,18,19,22). The quantitative estimate of drug-likeness (QED) is 0.577. The Morgan fingerprint density at radius 3 is 2.80 bits per heavy atom. The summed E-state index contributed by atoms with van der Waals surface area (Å²) in [6, 6.07) is 13.3. The van der Waals surface area contributed by atoms with Crippen LogP contribution in [0.25, 0.3) is 20.8 Å². The summed E-state index contributed by atoms with van der Waals surface area (Å²) in [6.45, 7) is 0.409. The van der Waals surface area contributed by atoms with Crippen molar-refractivity contribution in [3.05, 3.63) is 58.5 Å². The molecule has 4 rings (SSSR count). The van der Waals surface area contributed by atoms with Crippen molar-refractivity contribution < 1.29 is 4.79 Å². The highest BCUT2D eigenvalue weighted by molar-refractivity contribution is 7.18. The molecule has 0 unspecified atom stereocenters. The Labute approximate surface area is 151 Å². The first-order valence-corrected chi connectivity index (χ1v) is 9.14. The number of carbonyl (C=O) groups excluding carboxylic acids is 1. The second-order valence-electron chi connectivity index (χ2n) is 5.22. The van der Waals surface area contributed by atoms with Crippen molar-refractivity contribution in [2.45, 2.75) is 6.54 Å². The average Bonchev–Trinajstić information content (AvgIpc) is 3.26. The molecule has 124 valence electrons. The van der Waals surface area contributed by atoms with Gasteiger partial charge in [-0.25, -0.2) is 15.0 Å². The number of rotatable bonds is 4. The largest absolute Gasteiger partial charge is 0.368 e. The molecular formula is C17H13N5OS2. The van der Waals surface area contributed by atoms with Crippen molar-refractivity contribution in [2.24, 2.45) is 0 Å². The molecule has 0 fully saturated rings. The maximum Gasteiger partial charge on any atom is 0.261 e. The molecule has 0 saturated carbocycles. The van der Waals surface area contributed by atoms with Gasteiger partial charge < -0.3 is 11.1 Å². The fourth-order valence-electron chi connectivity index (χ4n) is 2.35. The minimum atomic E-state index is -0.127. The van der Waals surface area contributed by atoms with Gasteiger partial charge in [-0.3, -0.25) is 4.79 Å². The van der Waals surface area contributed by atoms with Crippen molar-refractivity contribution in [2.75, 3.05) is 5.73 Å². The molecule has 0 spiro atoms. The van der Waals surface area contributed by atoms with Gasteiger partial charge in [-0.1, -0.05) is 12.1 Å². The molecule has 0 bridgehead atoms. The SMILES string of the molecule is Nc1nccc(-c2ccc(C(=O)NCc3nc4ccccc4s3)s2)n1. The number of nitrogen functional groups attached to an aromatic ring is 1. The molecule has 8 heteroatoms. The molecule has 1 amide bonds. The van der Waals surface area contributed by atoms with Gasteiger partial charge in [0, 0.05) is 6.20 Å². The second kappa shape index (κ2) is 6.58. The molecule has 3 heterocycles. The number of nitrogens with zero attached hydrogens (tertiary/aromatic N) is 3. The zero-order valence-electron chi connectivity index (χ0n) is 13.0. The normalized spacial score (nSPS) is 10.9. The smallest absolute Gasteiger partial charge is 0.261 e. The van der Waals surface area contributed by atoms with E-state index in [9.17, 15) is 4.79 Å². The van der Waals surface area contributed by atoms with E-state index in [1.165, 1.54) is 11.3 Å². The maximum atomic E-state index is 12.4. The minimum Gasteiger partial charge on any atom is -0.368 e. The summed E-state index contributed by atoms with van der Waals surface area (Å²) in [4.78, 5) is 26.4. The molecule has 25 heavy (non-hydrogen) atoms. The summed E-state index contributed by atoms with van der Waals surface area (Å²) in [5.74, 6) is 0.0882. The summed E-state index contributed by atoms with van der Waals surface area (Å²) in [7, 11) is 0. The summed E-state index contributed by atoms with van der Waals surface area (Å²) in [5, 5.41) is 3.80. The van der Waals surface area contributed by atoms with Crippen LogP contribution in [0.2, 0.25) is 0 Å². The van der Waals surface area contributed by atoms with E-state index in [1.54, 1.807) is 29.7 Å².